The lowest BCUT2D eigenvalue weighted by atomic mass is 9.71. The lowest BCUT2D eigenvalue weighted by Crippen LogP contribution is -2.59. The van der Waals surface area contributed by atoms with Gasteiger partial charge >= 0.3 is 23.9 Å². The van der Waals surface area contributed by atoms with Gasteiger partial charge in [0.05, 0.1) is 12.5 Å². The van der Waals surface area contributed by atoms with Crippen molar-refractivity contribution in [3.05, 3.63) is 71.8 Å². The summed E-state index contributed by atoms with van der Waals surface area (Å²) in [6, 6.07) is 17.2. The van der Waals surface area contributed by atoms with Crippen molar-refractivity contribution in [2.75, 3.05) is 13.6 Å². The number of likely N-dealkylation sites (N-methyl/N-ethyl adjacent to an activating group) is 1. The normalized spacial score (nSPS) is 18.4. The van der Waals surface area contributed by atoms with Crippen LogP contribution in [-0.4, -0.2) is 64.4 Å². The van der Waals surface area contributed by atoms with Crippen molar-refractivity contribution in [2.45, 2.75) is 78.2 Å². The fraction of sp³-hybridized carbons (Fsp3) is 0.500. The molecule has 0 radical (unpaired) electrons. The molecular weight excluding hydrogens is 564 g/mol. The number of ether oxygens (including phenoxy) is 3. The van der Waals surface area contributed by atoms with Gasteiger partial charge in [-0.05, 0) is 58.1 Å². The Balaban J connectivity index is 1.82. The molecule has 0 aromatic heterocycles. The summed E-state index contributed by atoms with van der Waals surface area (Å²) in [5, 5.41) is 0. The fourth-order valence-electron chi connectivity index (χ4n) is 5.21. The smallest absolute Gasteiger partial charge is 0.327 e. The van der Waals surface area contributed by atoms with Crippen molar-refractivity contribution in [3.63, 3.8) is 0 Å². The first kappa shape index (κ1) is 32.7. The third kappa shape index (κ3) is 7.11. The van der Waals surface area contributed by atoms with E-state index in [9.17, 15) is 24.0 Å². The average Bonchev–Trinajstić information content (AvgIpc) is 3.79. The fourth-order valence-corrected chi connectivity index (χ4v) is 5.21. The molecule has 2 aliphatic rings. The third-order valence-electron chi connectivity index (χ3n) is 8.24. The van der Waals surface area contributed by atoms with Gasteiger partial charge in [-0.15, -0.1) is 0 Å². The highest BCUT2D eigenvalue weighted by molar-refractivity contribution is 6.09. The minimum Gasteiger partial charge on any atom is -0.461 e. The van der Waals surface area contributed by atoms with Gasteiger partial charge in [-0.25, -0.2) is 4.79 Å². The van der Waals surface area contributed by atoms with E-state index in [-0.39, 0.29) is 25.6 Å². The monoisotopic (exact) mass is 606 g/mol. The van der Waals surface area contributed by atoms with E-state index in [2.05, 4.69) is 0 Å². The summed E-state index contributed by atoms with van der Waals surface area (Å²) in [6.07, 6.45) is 1.70. The Morgan fingerprint density at radius 2 is 1.39 bits per heavy atom. The maximum Gasteiger partial charge on any atom is 0.327 e. The van der Waals surface area contributed by atoms with Gasteiger partial charge in [-0.2, -0.15) is 0 Å². The summed E-state index contributed by atoms with van der Waals surface area (Å²) >= 11 is 0. The first-order valence-corrected chi connectivity index (χ1v) is 14.9. The Hall–Kier alpha value is -4.21. The van der Waals surface area contributed by atoms with Crippen molar-refractivity contribution < 1.29 is 38.2 Å². The van der Waals surface area contributed by atoms with E-state index in [1.54, 1.807) is 83.1 Å². The molecule has 10 heteroatoms. The number of hydrogen-bond acceptors (Lipinski definition) is 8. The van der Waals surface area contributed by atoms with E-state index in [0.717, 1.165) is 17.7 Å². The molecule has 1 saturated carbocycles. The van der Waals surface area contributed by atoms with Gasteiger partial charge in [-0.1, -0.05) is 73.5 Å². The highest BCUT2D eigenvalue weighted by Gasteiger charge is 2.64. The zero-order valence-corrected chi connectivity index (χ0v) is 26.3. The second kappa shape index (κ2) is 12.8. The minimum atomic E-state index is -2.40. The Morgan fingerprint density at radius 3 is 1.84 bits per heavy atom. The number of imide groups is 1. The number of carbonyl (C=O) groups excluding carboxylic acids is 5. The van der Waals surface area contributed by atoms with Crippen molar-refractivity contribution >= 4 is 29.8 Å². The van der Waals surface area contributed by atoms with Crippen molar-refractivity contribution in [3.8, 4) is 0 Å². The molecule has 1 aliphatic carbocycles. The molecule has 4 rings (SSSR count). The molecule has 1 heterocycles. The number of rotatable bonds is 12. The predicted octanol–water partition coefficient (Wildman–Crippen LogP) is 4.89. The van der Waals surface area contributed by atoms with Crippen LogP contribution in [0.5, 0.6) is 0 Å². The van der Waals surface area contributed by atoms with E-state index < -0.39 is 58.9 Å². The van der Waals surface area contributed by atoms with Gasteiger partial charge in [0.2, 0.25) is 0 Å². The van der Waals surface area contributed by atoms with Gasteiger partial charge in [-0.3, -0.25) is 24.1 Å². The van der Waals surface area contributed by atoms with Crippen LogP contribution in [0, 0.1) is 17.3 Å². The molecule has 10 nitrogen and oxygen atoms in total. The van der Waals surface area contributed by atoms with E-state index in [0.29, 0.717) is 11.1 Å². The van der Waals surface area contributed by atoms with Crippen molar-refractivity contribution in [2.24, 2.45) is 17.3 Å². The molecule has 0 bridgehead atoms. The maximum atomic E-state index is 14.4. The van der Waals surface area contributed by atoms with Crippen molar-refractivity contribution in [1.29, 1.82) is 0 Å². The van der Waals surface area contributed by atoms with Crippen LogP contribution < -0.4 is 0 Å². The molecule has 0 N–H and O–H groups in total. The molecule has 2 fully saturated rings. The van der Waals surface area contributed by atoms with E-state index in [1.807, 2.05) is 12.1 Å². The molecule has 2 aromatic rings. The van der Waals surface area contributed by atoms with Gasteiger partial charge in [0.1, 0.15) is 24.4 Å². The maximum absolute atomic E-state index is 14.4. The second-order valence-electron chi connectivity index (χ2n) is 13.2. The number of benzene rings is 2. The molecule has 236 valence electrons. The standard InChI is InChI=1S/C34H42N2O8/c1-32(2,3)44-30(40)34(29(39)43-21-25-15-11-8-12-16-25,22-36-28(38)33(4,5)35(6)31(36)41)26(19-23-17-18-23)27(37)42-20-24-13-9-7-10-14-24/h7-16,23,26H,17-22H2,1-6H3/t26-,34?/m0/s1. The van der Waals surface area contributed by atoms with Gasteiger partial charge in [0.25, 0.3) is 5.91 Å². The zero-order valence-electron chi connectivity index (χ0n) is 26.3. The summed E-state index contributed by atoms with van der Waals surface area (Å²) in [4.78, 5) is 72.1. The summed E-state index contributed by atoms with van der Waals surface area (Å²) < 4.78 is 17.3. The molecule has 0 spiro atoms. The molecule has 2 atom stereocenters. The average molecular weight is 607 g/mol. The van der Waals surface area contributed by atoms with E-state index in [1.165, 1.54) is 11.9 Å². The highest BCUT2D eigenvalue weighted by atomic mass is 16.6. The van der Waals surface area contributed by atoms with Crippen LogP contribution in [0.2, 0.25) is 0 Å². The van der Waals surface area contributed by atoms with E-state index >= 15 is 0 Å². The molecule has 1 unspecified atom stereocenters. The number of urea groups is 1. The number of amides is 3. The van der Waals surface area contributed by atoms with Crippen LogP contribution in [0.25, 0.3) is 0 Å². The quantitative estimate of drug-likeness (QED) is 0.145. The molecule has 44 heavy (non-hydrogen) atoms. The minimum absolute atomic E-state index is 0.0390. The predicted molar refractivity (Wildman–Crippen MR) is 161 cm³/mol. The number of carbonyl (C=O) groups is 5. The number of esters is 3. The van der Waals surface area contributed by atoms with Crippen LogP contribution in [0.4, 0.5) is 4.79 Å². The Bertz CT molecular complexity index is 1380. The van der Waals surface area contributed by atoms with Gasteiger partial charge in [0.15, 0.2) is 5.41 Å². The Kier molecular flexibility index (Phi) is 9.51. The highest BCUT2D eigenvalue weighted by Crippen LogP contribution is 2.46. The van der Waals surface area contributed by atoms with Crippen LogP contribution in [0.1, 0.15) is 65.0 Å². The topological polar surface area (TPSA) is 120 Å². The van der Waals surface area contributed by atoms with E-state index in [4.69, 9.17) is 14.2 Å². The Morgan fingerprint density at radius 1 is 0.864 bits per heavy atom. The summed E-state index contributed by atoms with van der Waals surface area (Å²) in [6.45, 7) is 7.03. The second-order valence-corrected chi connectivity index (χ2v) is 13.2. The molecule has 1 aliphatic heterocycles. The Labute approximate surface area is 258 Å². The van der Waals surface area contributed by atoms with Crippen LogP contribution in [-0.2, 0) is 46.6 Å². The van der Waals surface area contributed by atoms with Crippen LogP contribution in [0.3, 0.4) is 0 Å². The first-order chi connectivity index (χ1) is 20.7. The van der Waals surface area contributed by atoms with Crippen molar-refractivity contribution in [1.82, 2.24) is 9.80 Å². The largest absolute Gasteiger partial charge is 0.461 e. The SMILES string of the molecule is CN1C(=O)N(CC(C(=O)OCc2ccccc2)(C(=O)OC(C)(C)C)[C@@H](CC2CC2)C(=O)OCc2ccccc2)C(=O)C1(C)C. The molecular formula is C34H42N2O8. The lowest BCUT2D eigenvalue weighted by Gasteiger charge is -2.38. The summed E-state index contributed by atoms with van der Waals surface area (Å²) in [5.74, 6) is -4.90. The zero-order chi connectivity index (χ0) is 32.3. The number of nitrogens with zero attached hydrogens (tertiary/aromatic N) is 2. The van der Waals surface area contributed by atoms with Crippen LogP contribution in [0.15, 0.2) is 60.7 Å². The summed E-state index contributed by atoms with van der Waals surface area (Å²) in [5.41, 5.74) is -3.35. The van der Waals surface area contributed by atoms with Crippen LogP contribution >= 0.6 is 0 Å². The first-order valence-electron chi connectivity index (χ1n) is 14.9. The van der Waals surface area contributed by atoms with Gasteiger partial charge < -0.3 is 19.1 Å². The molecule has 3 amide bonds. The molecule has 1 saturated heterocycles. The third-order valence-corrected chi connectivity index (χ3v) is 8.24. The summed E-state index contributed by atoms with van der Waals surface area (Å²) in [7, 11) is 1.47. The molecule has 2 aromatic carbocycles. The lowest BCUT2D eigenvalue weighted by molar-refractivity contribution is -0.192. The van der Waals surface area contributed by atoms with Gasteiger partial charge in [0, 0.05) is 7.05 Å². The number of hydrogen-bond donors (Lipinski definition) is 0.